The molecule has 1 aliphatic carbocycles. The van der Waals surface area contributed by atoms with E-state index in [1.165, 1.54) is 17.5 Å². The van der Waals surface area contributed by atoms with Crippen molar-refractivity contribution in [3.63, 3.8) is 0 Å². The molecule has 2 aromatic rings. The van der Waals surface area contributed by atoms with Gasteiger partial charge in [0.1, 0.15) is 6.04 Å². The highest BCUT2D eigenvalue weighted by Crippen LogP contribution is 2.46. The monoisotopic (exact) mass is 469 g/mol. The number of benzene rings is 2. The Morgan fingerprint density at radius 3 is 2.33 bits per heavy atom. The summed E-state index contributed by atoms with van der Waals surface area (Å²) in [5.41, 5.74) is 9.28. The van der Waals surface area contributed by atoms with E-state index < -0.39 is 11.6 Å². The smallest absolute Gasteiger partial charge is 0.245 e. The van der Waals surface area contributed by atoms with Gasteiger partial charge in [-0.15, -0.1) is 12.4 Å². The van der Waals surface area contributed by atoms with E-state index in [1.54, 1.807) is 13.8 Å². The lowest BCUT2D eigenvalue weighted by molar-refractivity contribution is -0.139. The van der Waals surface area contributed by atoms with E-state index in [-0.39, 0.29) is 29.6 Å². The Hall–Kier alpha value is -2.37. The lowest BCUT2D eigenvalue weighted by Crippen LogP contribution is -2.57. The zero-order valence-electron chi connectivity index (χ0n) is 19.7. The molecular weight excluding hydrogens is 434 g/mol. The van der Waals surface area contributed by atoms with E-state index >= 15 is 0 Å². The molecule has 1 unspecified atom stereocenters. The van der Waals surface area contributed by atoms with Gasteiger partial charge >= 0.3 is 0 Å². The van der Waals surface area contributed by atoms with Crippen LogP contribution in [0.25, 0.3) is 0 Å². The lowest BCUT2D eigenvalue weighted by atomic mass is 9.74. The van der Waals surface area contributed by atoms with Gasteiger partial charge < -0.3 is 16.0 Å². The molecule has 2 aliphatic rings. The Morgan fingerprint density at radius 2 is 1.67 bits per heavy atom. The van der Waals surface area contributed by atoms with Crippen LogP contribution >= 0.6 is 12.4 Å². The third-order valence-corrected chi connectivity index (χ3v) is 7.25. The average molecular weight is 470 g/mol. The summed E-state index contributed by atoms with van der Waals surface area (Å²) in [5, 5.41) is 2.95. The molecule has 1 spiro atoms. The Morgan fingerprint density at radius 1 is 1.03 bits per heavy atom. The number of fused-ring (bicyclic) bond motifs is 2. The third-order valence-electron chi connectivity index (χ3n) is 7.25. The minimum absolute atomic E-state index is 0. The Labute approximate surface area is 203 Å². The molecule has 4 rings (SSSR count). The van der Waals surface area contributed by atoms with Gasteiger partial charge in [-0.1, -0.05) is 54.6 Å². The van der Waals surface area contributed by atoms with E-state index in [4.69, 9.17) is 5.73 Å². The minimum atomic E-state index is -1.02. The fraction of sp³-hybridized carbons (Fsp3) is 0.481. The summed E-state index contributed by atoms with van der Waals surface area (Å²) in [4.78, 5) is 28.1. The minimum Gasteiger partial charge on any atom is -0.343 e. The number of rotatable bonds is 6. The van der Waals surface area contributed by atoms with Crippen LogP contribution in [0, 0.1) is 0 Å². The summed E-state index contributed by atoms with van der Waals surface area (Å²) in [7, 11) is 0. The van der Waals surface area contributed by atoms with E-state index in [2.05, 4.69) is 41.7 Å². The van der Waals surface area contributed by atoms with E-state index in [1.807, 2.05) is 23.1 Å². The molecule has 0 bridgehead atoms. The van der Waals surface area contributed by atoms with Crippen LogP contribution in [0.3, 0.4) is 0 Å². The van der Waals surface area contributed by atoms with Crippen molar-refractivity contribution in [1.82, 2.24) is 10.2 Å². The van der Waals surface area contributed by atoms with Gasteiger partial charge in [0.2, 0.25) is 11.8 Å². The fourth-order valence-corrected chi connectivity index (χ4v) is 5.22. The Bertz CT molecular complexity index is 963. The Balaban J connectivity index is 0.00000306. The van der Waals surface area contributed by atoms with E-state index in [9.17, 15) is 9.59 Å². The van der Waals surface area contributed by atoms with Crippen LogP contribution in [0.4, 0.5) is 0 Å². The van der Waals surface area contributed by atoms with Crippen molar-refractivity contribution in [3.05, 3.63) is 71.3 Å². The maximum Gasteiger partial charge on any atom is 0.245 e. The van der Waals surface area contributed by atoms with Crippen LogP contribution in [0.15, 0.2) is 54.6 Å². The molecule has 5 nitrogen and oxygen atoms in total. The first-order chi connectivity index (χ1) is 15.3. The quantitative estimate of drug-likeness (QED) is 0.676. The van der Waals surface area contributed by atoms with Crippen molar-refractivity contribution >= 4 is 24.2 Å². The third kappa shape index (κ3) is 5.59. The molecule has 6 heteroatoms. The normalized spacial score (nSPS) is 17.7. The molecule has 178 valence electrons. The number of nitrogens with two attached hydrogens (primary N) is 1. The molecule has 0 saturated carbocycles. The topological polar surface area (TPSA) is 75.4 Å². The van der Waals surface area contributed by atoms with Gasteiger partial charge in [0, 0.05) is 13.1 Å². The number of hydrogen-bond donors (Lipinski definition) is 2. The van der Waals surface area contributed by atoms with Crippen LogP contribution in [0.1, 0.15) is 56.2 Å². The van der Waals surface area contributed by atoms with Crippen molar-refractivity contribution in [2.24, 2.45) is 5.73 Å². The maximum atomic E-state index is 13.5. The molecule has 33 heavy (non-hydrogen) atoms. The number of aryl methyl sites for hydroxylation is 2. The fourth-order valence-electron chi connectivity index (χ4n) is 5.22. The first kappa shape index (κ1) is 25.3. The number of carbonyl (C=O) groups excluding carboxylic acids is 2. The predicted molar refractivity (Wildman–Crippen MR) is 134 cm³/mol. The summed E-state index contributed by atoms with van der Waals surface area (Å²) in [6.07, 6.45) is 5.56. The summed E-state index contributed by atoms with van der Waals surface area (Å²) >= 11 is 0. The first-order valence-electron chi connectivity index (χ1n) is 11.8. The molecule has 2 amide bonds. The molecule has 1 heterocycles. The van der Waals surface area contributed by atoms with Crippen LogP contribution in [-0.2, 0) is 27.8 Å². The van der Waals surface area contributed by atoms with Crippen molar-refractivity contribution in [1.29, 1.82) is 0 Å². The number of carbonyl (C=O) groups is 2. The highest BCUT2D eigenvalue weighted by atomic mass is 35.5. The number of likely N-dealkylation sites (tertiary alicyclic amines) is 1. The largest absolute Gasteiger partial charge is 0.343 e. The number of piperidine rings is 1. The second-order valence-electron chi connectivity index (χ2n) is 10.0. The molecule has 0 radical (unpaired) electrons. The van der Waals surface area contributed by atoms with Crippen LogP contribution in [0.2, 0.25) is 0 Å². The lowest BCUT2D eigenvalue weighted by Gasteiger charge is -2.41. The van der Waals surface area contributed by atoms with Gasteiger partial charge in [0.05, 0.1) is 5.54 Å². The molecular formula is C27H36ClN3O2. The average Bonchev–Trinajstić information content (AvgIpc) is 3.15. The number of hydrogen-bond acceptors (Lipinski definition) is 3. The SMILES string of the molecule is CC(C)(N)C(=O)NC(CCc1ccccc1)C(=O)N1CCC2(CCc3ccccc32)CC1.Cl. The molecule has 1 aliphatic heterocycles. The molecule has 2 aromatic carbocycles. The highest BCUT2D eigenvalue weighted by molar-refractivity contribution is 5.91. The second-order valence-corrected chi connectivity index (χ2v) is 10.0. The Kier molecular flexibility index (Phi) is 7.86. The zero-order chi connectivity index (χ0) is 22.8. The zero-order valence-corrected chi connectivity index (χ0v) is 20.5. The van der Waals surface area contributed by atoms with E-state index in [0.717, 1.165) is 44.3 Å². The van der Waals surface area contributed by atoms with Gasteiger partial charge in [-0.25, -0.2) is 0 Å². The molecule has 1 atom stereocenters. The van der Waals surface area contributed by atoms with Gasteiger partial charge in [0.25, 0.3) is 0 Å². The summed E-state index contributed by atoms with van der Waals surface area (Å²) in [5.74, 6) is -0.276. The molecule has 1 fully saturated rings. The molecule has 3 N–H and O–H groups in total. The summed E-state index contributed by atoms with van der Waals surface area (Å²) < 4.78 is 0. The van der Waals surface area contributed by atoms with Crippen LogP contribution < -0.4 is 11.1 Å². The van der Waals surface area contributed by atoms with Crippen LogP contribution in [0.5, 0.6) is 0 Å². The number of halogens is 1. The van der Waals surface area contributed by atoms with Crippen molar-refractivity contribution < 1.29 is 9.59 Å². The summed E-state index contributed by atoms with van der Waals surface area (Å²) in [6.45, 7) is 4.81. The number of nitrogens with one attached hydrogen (secondary N) is 1. The van der Waals surface area contributed by atoms with Gasteiger partial charge in [-0.2, -0.15) is 0 Å². The van der Waals surface area contributed by atoms with Crippen LogP contribution in [-0.4, -0.2) is 41.4 Å². The number of nitrogens with zero attached hydrogens (tertiary/aromatic N) is 1. The van der Waals surface area contributed by atoms with E-state index in [0.29, 0.717) is 6.42 Å². The van der Waals surface area contributed by atoms with Gasteiger partial charge in [0.15, 0.2) is 0 Å². The first-order valence-corrected chi connectivity index (χ1v) is 11.8. The van der Waals surface area contributed by atoms with Gasteiger partial charge in [-0.05, 0) is 74.5 Å². The molecule has 1 saturated heterocycles. The maximum absolute atomic E-state index is 13.5. The van der Waals surface area contributed by atoms with Crippen molar-refractivity contribution in [2.75, 3.05) is 13.1 Å². The van der Waals surface area contributed by atoms with Gasteiger partial charge in [-0.3, -0.25) is 9.59 Å². The second kappa shape index (κ2) is 10.3. The number of amides is 2. The van der Waals surface area contributed by atoms with Crippen molar-refractivity contribution in [2.45, 2.75) is 69.4 Å². The predicted octanol–water partition coefficient (Wildman–Crippen LogP) is 3.77. The molecule has 0 aromatic heterocycles. The highest BCUT2D eigenvalue weighted by Gasteiger charge is 2.42. The standard InChI is InChI=1S/C27H35N3O2.ClH/c1-26(2,28)25(32)29-23(13-12-20-8-4-3-5-9-20)24(31)30-18-16-27(17-19-30)15-14-21-10-6-7-11-22(21)27;/h3-11,23H,12-19,28H2,1-2H3,(H,29,32);1H. The van der Waals surface area contributed by atoms with Crippen molar-refractivity contribution in [3.8, 4) is 0 Å². The summed E-state index contributed by atoms with van der Waals surface area (Å²) in [6, 6.07) is 18.3.